The van der Waals surface area contributed by atoms with Gasteiger partial charge in [-0.05, 0) is 44.9 Å². The van der Waals surface area contributed by atoms with Crippen LogP contribution >= 0.6 is 0 Å². The molecule has 1 aromatic rings. The van der Waals surface area contributed by atoms with Crippen LogP contribution in [0.2, 0.25) is 0 Å². The predicted octanol–water partition coefficient (Wildman–Crippen LogP) is 2.10. The molecule has 0 bridgehead atoms. The lowest BCUT2D eigenvalue weighted by molar-refractivity contribution is -0.133. The number of rotatable bonds is 3. The Morgan fingerprint density at radius 1 is 1.42 bits per heavy atom. The van der Waals surface area contributed by atoms with Gasteiger partial charge in [0.15, 0.2) is 5.60 Å². The van der Waals surface area contributed by atoms with E-state index in [9.17, 15) is 4.79 Å². The number of carbonyl (C=O) groups is 1. The molecule has 1 aliphatic heterocycles. The van der Waals surface area contributed by atoms with Crippen molar-refractivity contribution in [1.82, 2.24) is 0 Å². The molecule has 0 spiro atoms. The number of benzene rings is 1. The molecule has 4 nitrogen and oxygen atoms in total. The summed E-state index contributed by atoms with van der Waals surface area (Å²) in [5.41, 5.74) is 6.92. The summed E-state index contributed by atoms with van der Waals surface area (Å²) in [6, 6.07) is 5.96. The van der Waals surface area contributed by atoms with Gasteiger partial charge in [0.1, 0.15) is 5.75 Å². The van der Waals surface area contributed by atoms with Gasteiger partial charge >= 0.3 is 0 Å². The number of nitrogens with zero attached hydrogens (tertiary/aromatic N) is 1. The van der Waals surface area contributed by atoms with E-state index in [0.29, 0.717) is 6.54 Å². The number of hydrogen-bond acceptors (Lipinski definition) is 3. The van der Waals surface area contributed by atoms with Crippen LogP contribution in [0.3, 0.4) is 0 Å². The maximum Gasteiger partial charge on any atom is 0.270 e. The van der Waals surface area contributed by atoms with E-state index in [1.165, 1.54) is 5.56 Å². The summed E-state index contributed by atoms with van der Waals surface area (Å²) in [6.07, 6.45) is 0.926. The molecule has 2 N–H and O–H groups in total. The molecule has 1 aliphatic rings. The number of anilines is 1. The lowest BCUT2D eigenvalue weighted by Gasteiger charge is -2.41. The highest BCUT2D eigenvalue weighted by Crippen LogP contribution is 2.39. The Labute approximate surface area is 114 Å². The van der Waals surface area contributed by atoms with Crippen LogP contribution < -0.4 is 15.4 Å². The first kappa shape index (κ1) is 13.9. The van der Waals surface area contributed by atoms with Gasteiger partial charge in [0.05, 0.1) is 5.69 Å². The van der Waals surface area contributed by atoms with Crippen LogP contribution in [0.1, 0.15) is 33.3 Å². The SMILES string of the molecule is CCc1ccc2c(c1)N(C(C)CN)C(=O)C(C)(C)O2. The van der Waals surface area contributed by atoms with Crippen LogP contribution in [0, 0.1) is 0 Å². The number of nitrogens with two attached hydrogens (primary N) is 1. The van der Waals surface area contributed by atoms with Gasteiger partial charge in [-0.15, -0.1) is 0 Å². The molecule has 1 atom stereocenters. The topological polar surface area (TPSA) is 55.6 Å². The third-order valence-corrected chi connectivity index (χ3v) is 3.57. The van der Waals surface area contributed by atoms with Crippen LogP contribution in [-0.4, -0.2) is 24.1 Å². The molecule has 104 valence electrons. The fraction of sp³-hybridized carbons (Fsp3) is 0.533. The molecule has 0 saturated heterocycles. The van der Waals surface area contributed by atoms with Crippen molar-refractivity contribution in [2.24, 2.45) is 5.73 Å². The first-order chi connectivity index (χ1) is 8.90. The standard InChI is InChI=1S/C15H22N2O2/c1-5-11-6-7-13-12(8-11)17(10(2)9-16)14(18)15(3,4)19-13/h6-8,10H,5,9,16H2,1-4H3. The second-order valence-corrected chi connectivity index (χ2v) is 5.53. The number of fused-ring (bicyclic) bond motifs is 1. The maximum absolute atomic E-state index is 12.6. The van der Waals surface area contributed by atoms with Crippen LogP contribution in [0.4, 0.5) is 5.69 Å². The van der Waals surface area contributed by atoms with E-state index in [0.717, 1.165) is 17.9 Å². The molecular formula is C15H22N2O2. The van der Waals surface area contributed by atoms with Gasteiger partial charge in [-0.1, -0.05) is 13.0 Å². The van der Waals surface area contributed by atoms with Crippen molar-refractivity contribution in [3.8, 4) is 5.75 Å². The number of amides is 1. The van der Waals surface area contributed by atoms with Crippen molar-refractivity contribution in [2.45, 2.75) is 45.8 Å². The van der Waals surface area contributed by atoms with Gasteiger partial charge in [-0.3, -0.25) is 4.79 Å². The van der Waals surface area contributed by atoms with Crippen LogP contribution in [0.5, 0.6) is 5.75 Å². The summed E-state index contributed by atoms with van der Waals surface area (Å²) in [5.74, 6) is 0.716. The minimum Gasteiger partial charge on any atom is -0.476 e. The molecule has 1 unspecified atom stereocenters. The summed E-state index contributed by atoms with van der Waals surface area (Å²) in [4.78, 5) is 14.3. The zero-order chi connectivity index (χ0) is 14.2. The fourth-order valence-corrected chi connectivity index (χ4v) is 2.32. The highest BCUT2D eigenvalue weighted by molar-refractivity contribution is 6.02. The van der Waals surface area contributed by atoms with Crippen LogP contribution in [0.15, 0.2) is 18.2 Å². The summed E-state index contributed by atoms with van der Waals surface area (Å²) >= 11 is 0. The minimum atomic E-state index is -0.843. The summed E-state index contributed by atoms with van der Waals surface area (Å²) in [7, 11) is 0. The first-order valence-corrected chi connectivity index (χ1v) is 6.76. The van der Waals surface area contributed by atoms with E-state index in [1.807, 2.05) is 25.1 Å². The van der Waals surface area contributed by atoms with Crippen LogP contribution in [-0.2, 0) is 11.2 Å². The van der Waals surface area contributed by atoms with E-state index >= 15 is 0 Å². The molecule has 1 aromatic carbocycles. The maximum atomic E-state index is 12.6. The van der Waals surface area contributed by atoms with Crippen molar-refractivity contribution in [1.29, 1.82) is 0 Å². The molecule has 0 aromatic heterocycles. The van der Waals surface area contributed by atoms with Crippen molar-refractivity contribution in [2.75, 3.05) is 11.4 Å². The third kappa shape index (κ3) is 2.32. The quantitative estimate of drug-likeness (QED) is 0.907. The molecule has 4 heteroatoms. The monoisotopic (exact) mass is 262 g/mol. The van der Waals surface area contributed by atoms with E-state index in [-0.39, 0.29) is 11.9 Å². The number of carbonyl (C=O) groups excluding carboxylic acids is 1. The molecule has 0 aliphatic carbocycles. The van der Waals surface area contributed by atoms with Gasteiger partial charge < -0.3 is 15.4 Å². The Morgan fingerprint density at radius 3 is 2.68 bits per heavy atom. The fourth-order valence-electron chi connectivity index (χ4n) is 2.32. The molecule has 1 heterocycles. The average Bonchev–Trinajstić information content (AvgIpc) is 2.38. The second-order valence-electron chi connectivity index (χ2n) is 5.53. The first-order valence-electron chi connectivity index (χ1n) is 6.76. The largest absolute Gasteiger partial charge is 0.476 e. The number of ether oxygens (including phenoxy) is 1. The van der Waals surface area contributed by atoms with Gasteiger partial charge in [0, 0.05) is 12.6 Å². The van der Waals surface area contributed by atoms with Crippen molar-refractivity contribution >= 4 is 11.6 Å². The van der Waals surface area contributed by atoms with Crippen molar-refractivity contribution in [3.63, 3.8) is 0 Å². The highest BCUT2D eigenvalue weighted by Gasteiger charge is 2.42. The minimum absolute atomic E-state index is 0.0359. The zero-order valence-electron chi connectivity index (χ0n) is 12.1. The van der Waals surface area contributed by atoms with E-state index in [2.05, 4.69) is 6.92 Å². The van der Waals surface area contributed by atoms with Gasteiger partial charge in [-0.25, -0.2) is 0 Å². The summed E-state index contributed by atoms with van der Waals surface area (Å²) in [5, 5.41) is 0. The van der Waals surface area contributed by atoms with Crippen LogP contribution in [0.25, 0.3) is 0 Å². The predicted molar refractivity (Wildman–Crippen MR) is 76.5 cm³/mol. The van der Waals surface area contributed by atoms with E-state index in [4.69, 9.17) is 10.5 Å². The molecule has 0 saturated carbocycles. The smallest absolute Gasteiger partial charge is 0.270 e. The molecule has 19 heavy (non-hydrogen) atoms. The molecule has 0 fully saturated rings. The Morgan fingerprint density at radius 2 is 2.11 bits per heavy atom. The molecule has 0 radical (unpaired) electrons. The Bertz CT molecular complexity index is 497. The van der Waals surface area contributed by atoms with Gasteiger partial charge in [0.2, 0.25) is 0 Å². The van der Waals surface area contributed by atoms with Crippen molar-refractivity contribution < 1.29 is 9.53 Å². The average molecular weight is 262 g/mol. The zero-order valence-corrected chi connectivity index (χ0v) is 12.1. The van der Waals surface area contributed by atoms with Gasteiger partial charge in [-0.2, -0.15) is 0 Å². The second kappa shape index (κ2) is 4.85. The summed E-state index contributed by atoms with van der Waals surface area (Å²) in [6.45, 7) is 8.07. The highest BCUT2D eigenvalue weighted by atomic mass is 16.5. The van der Waals surface area contributed by atoms with Gasteiger partial charge in [0.25, 0.3) is 5.91 Å². The van der Waals surface area contributed by atoms with E-state index < -0.39 is 5.60 Å². The molecule has 2 rings (SSSR count). The Kier molecular flexibility index (Phi) is 3.54. The normalized spacial score (nSPS) is 18.8. The lowest BCUT2D eigenvalue weighted by Crippen LogP contribution is -2.56. The lowest BCUT2D eigenvalue weighted by atomic mass is 10.0. The molecule has 1 amide bonds. The summed E-state index contributed by atoms with van der Waals surface area (Å²) < 4.78 is 5.82. The Hall–Kier alpha value is -1.55. The number of aryl methyl sites for hydroxylation is 1. The third-order valence-electron chi connectivity index (χ3n) is 3.57. The Balaban J connectivity index is 2.55. The van der Waals surface area contributed by atoms with E-state index in [1.54, 1.807) is 18.7 Å². The number of hydrogen-bond donors (Lipinski definition) is 1. The van der Waals surface area contributed by atoms with Crippen molar-refractivity contribution in [3.05, 3.63) is 23.8 Å². The molecular weight excluding hydrogens is 240 g/mol.